The number of hydrogen-bond donors (Lipinski definition) is 1. The summed E-state index contributed by atoms with van der Waals surface area (Å²) in [7, 11) is 0. The van der Waals surface area contributed by atoms with Gasteiger partial charge >= 0.3 is 0 Å². The van der Waals surface area contributed by atoms with Crippen LogP contribution in [0.25, 0.3) is 23.2 Å². The van der Waals surface area contributed by atoms with Gasteiger partial charge in [0.25, 0.3) is 11.4 Å². The largest absolute Gasteiger partial charge is 0.338 e. The van der Waals surface area contributed by atoms with Crippen molar-refractivity contribution in [2.75, 3.05) is 0 Å². The van der Waals surface area contributed by atoms with Crippen LogP contribution in [0.3, 0.4) is 0 Å². The summed E-state index contributed by atoms with van der Waals surface area (Å²) in [4.78, 5) is 27.8. The minimum Gasteiger partial charge on any atom is -0.338 e. The highest BCUT2D eigenvalue weighted by Crippen LogP contribution is 2.20. The molecule has 23 heavy (non-hydrogen) atoms. The van der Waals surface area contributed by atoms with Gasteiger partial charge in [0, 0.05) is 24.3 Å². The summed E-state index contributed by atoms with van der Waals surface area (Å²) in [6.45, 7) is 0. The van der Waals surface area contributed by atoms with Crippen LogP contribution < -0.4 is 0 Å². The highest BCUT2D eigenvalue weighted by atomic mass is 16.6. The number of aromatic amines is 1. The van der Waals surface area contributed by atoms with Gasteiger partial charge in [0.15, 0.2) is 0 Å². The molecule has 0 atom stereocenters. The molecule has 3 rings (SSSR count). The first kappa shape index (κ1) is 14.4. The summed E-state index contributed by atoms with van der Waals surface area (Å²) in [6, 6.07) is 10.6. The standard InChI is InChI=1S/C15H10N4O4/c20-18(21)11-3-1-2-10(8-11)4-7-15-16-13-6-5-12(19(22)23)9-14(13)17-15/h1-9H,(H,16,17)/b7-4+. The van der Waals surface area contributed by atoms with Crippen LogP contribution in [-0.2, 0) is 0 Å². The molecule has 0 fully saturated rings. The van der Waals surface area contributed by atoms with Crippen LogP contribution in [0.15, 0.2) is 42.5 Å². The second-order valence-corrected chi connectivity index (χ2v) is 4.77. The van der Waals surface area contributed by atoms with Crippen LogP contribution in [0, 0.1) is 20.2 Å². The summed E-state index contributed by atoms with van der Waals surface area (Å²) < 4.78 is 0. The fourth-order valence-electron chi connectivity index (χ4n) is 2.13. The molecule has 8 heteroatoms. The molecule has 2 aromatic carbocycles. The lowest BCUT2D eigenvalue weighted by molar-refractivity contribution is -0.385. The number of nitro groups is 2. The van der Waals surface area contributed by atoms with Crippen molar-refractivity contribution < 1.29 is 9.85 Å². The molecule has 0 bridgehead atoms. The van der Waals surface area contributed by atoms with Crippen LogP contribution in [0.1, 0.15) is 11.4 Å². The molecule has 1 N–H and O–H groups in total. The zero-order chi connectivity index (χ0) is 16.4. The molecular formula is C15H10N4O4. The van der Waals surface area contributed by atoms with Crippen LogP contribution in [-0.4, -0.2) is 19.8 Å². The van der Waals surface area contributed by atoms with Crippen molar-refractivity contribution in [2.45, 2.75) is 0 Å². The molecule has 114 valence electrons. The molecule has 0 amide bonds. The number of benzene rings is 2. The lowest BCUT2D eigenvalue weighted by Gasteiger charge is -1.93. The Morgan fingerprint density at radius 2 is 1.70 bits per heavy atom. The van der Waals surface area contributed by atoms with Crippen LogP contribution >= 0.6 is 0 Å². The van der Waals surface area contributed by atoms with Gasteiger partial charge in [-0.25, -0.2) is 4.98 Å². The molecule has 1 heterocycles. The minimum absolute atomic E-state index is 0.00683. The van der Waals surface area contributed by atoms with E-state index in [0.717, 1.165) is 0 Å². The maximum Gasteiger partial charge on any atom is 0.271 e. The van der Waals surface area contributed by atoms with Gasteiger partial charge in [-0.05, 0) is 17.7 Å². The number of nitrogens with one attached hydrogen (secondary N) is 1. The van der Waals surface area contributed by atoms with Crippen LogP contribution in [0.5, 0.6) is 0 Å². The number of non-ortho nitro benzene ring substituents is 2. The molecule has 0 unspecified atom stereocenters. The Kier molecular flexibility index (Phi) is 3.55. The zero-order valence-corrected chi connectivity index (χ0v) is 11.7. The van der Waals surface area contributed by atoms with Crippen molar-refractivity contribution in [3.05, 3.63) is 74.1 Å². The Bertz CT molecular complexity index is 946. The molecule has 1 aromatic heterocycles. The normalized spacial score (nSPS) is 11.1. The summed E-state index contributed by atoms with van der Waals surface area (Å²) in [5.74, 6) is 0.506. The molecule has 8 nitrogen and oxygen atoms in total. The highest BCUT2D eigenvalue weighted by molar-refractivity contribution is 5.80. The Balaban J connectivity index is 1.90. The third-order valence-corrected chi connectivity index (χ3v) is 3.21. The first-order chi connectivity index (χ1) is 11.0. The third kappa shape index (κ3) is 3.05. The van der Waals surface area contributed by atoms with E-state index < -0.39 is 9.85 Å². The molecule has 0 aliphatic carbocycles. The molecule has 0 aliphatic heterocycles. The number of H-pyrrole nitrogens is 1. The van der Waals surface area contributed by atoms with Crippen molar-refractivity contribution >= 4 is 34.6 Å². The second kappa shape index (κ2) is 5.68. The number of imidazole rings is 1. The summed E-state index contributed by atoms with van der Waals surface area (Å²) >= 11 is 0. The van der Waals surface area contributed by atoms with Crippen LogP contribution in [0.4, 0.5) is 11.4 Å². The Morgan fingerprint density at radius 1 is 0.957 bits per heavy atom. The molecule has 0 saturated heterocycles. The lowest BCUT2D eigenvalue weighted by atomic mass is 10.2. The quantitative estimate of drug-likeness (QED) is 0.584. The fraction of sp³-hybridized carbons (Fsp3) is 0. The van der Waals surface area contributed by atoms with Gasteiger partial charge in [0.05, 0.1) is 20.9 Å². The first-order valence-corrected chi connectivity index (χ1v) is 6.59. The molecule has 0 aliphatic rings. The maximum atomic E-state index is 10.8. The smallest absolute Gasteiger partial charge is 0.271 e. The molecule has 0 saturated carbocycles. The van der Waals surface area contributed by atoms with Gasteiger partial charge in [-0.2, -0.15) is 0 Å². The van der Waals surface area contributed by atoms with Crippen molar-refractivity contribution in [1.29, 1.82) is 0 Å². The number of aromatic nitrogens is 2. The second-order valence-electron chi connectivity index (χ2n) is 4.77. The lowest BCUT2D eigenvalue weighted by Crippen LogP contribution is -1.87. The van der Waals surface area contributed by atoms with Crippen molar-refractivity contribution in [3.8, 4) is 0 Å². The number of nitrogens with zero attached hydrogens (tertiary/aromatic N) is 3. The number of fused-ring (bicyclic) bond motifs is 1. The average Bonchev–Trinajstić information content (AvgIpc) is 2.95. The fourth-order valence-corrected chi connectivity index (χ4v) is 2.13. The maximum absolute atomic E-state index is 10.8. The summed E-state index contributed by atoms with van der Waals surface area (Å²) in [5.41, 5.74) is 1.81. The van der Waals surface area contributed by atoms with E-state index in [0.29, 0.717) is 22.4 Å². The molecular weight excluding hydrogens is 300 g/mol. The van der Waals surface area contributed by atoms with E-state index in [1.54, 1.807) is 30.4 Å². The van der Waals surface area contributed by atoms with E-state index in [1.807, 2.05) is 0 Å². The van der Waals surface area contributed by atoms with E-state index in [-0.39, 0.29) is 11.4 Å². The van der Waals surface area contributed by atoms with Gasteiger partial charge < -0.3 is 4.98 Å². The Labute approximate surface area is 129 Å². The van der Waals surface area contributed by atoms with E-state index in [1.165, 1.54) is 24.3 Å². The third-order valence-electron chi connectivity index (χ3n) is 3.21. The zero-order valence-electron chi connectivity index (χ0n) is 11.7. The number of nitro benzene ring substituents is 2. The van der Waals surface area contributed by atoms with Crippen molar-refractivity contribution in [1.82, 2.24) is 9.97 Å². The average molecular weight is 310 g/mol. The first-order valence-electron chi connectivity index (χ1n) is 6.59. The van der Waals surface area contributed by atoms with Crippen LogP contribution in [0.2, 0.25) is 0 Å². The SMILES string of the molecule is O=[N+]([O-])c1cccc(/C=C/c2nc3ccc([N+](=O)[O-])cc3[nH]2)c1. The molecule has 0 radical (unpaired) electrons. The van der Waals surface area contributed by atoms with E-state index in [2.05, 4.69) is 9.97 Å². The van der Waals surface area contributed by atoms with Gasteiger partial charge in [-0.15, -0.1) is 0 Å². The van der Waals surface area contributed by atoms with Gasteiger partial charge in [0.2, 0.25) is 0 Å². The van der Waals surface area contributed by atoms with Gasteiger partial charge in [-0.3, -0.25) is 20.2 Å². The molecule has 3 aromatic rings. The number of hydrogen-bond acceptors (Lipinski definition) is 5. The Hall–Kier alpha value is -3.55. The topological polar surface area (TPSA) is 115 Å². The number of rotatable bonds is 4. The molecule has 0 spiro atoms. The van der Waals surface area contributed by atoms with Crippen molar-refractivity contribution in [3.63, 3.8) is 0 Å². The van der Waals surface area contributed by atoms with E-state index in [9.17, 15) is 20.2 Å². The summed E-state index contributed by atoms with van der Waals surface area (Å²) in [5, 5.41) is 21.5. The minimum atomic E-state index is -0.473. The predicted octanol–water partition coefficient (Wildman–Crippen LogP) is 3.55. The summed E-state index contributed by atoms with van der Waals surface area (Å²) in [6.07, 6.45) is 3.34. The van der Waals surface area contributed by atoms with Gasteiger partial charge in [-0.1, -0.05) is 18.2 Å². The van der Waals surface area contributed by atoms with Crippen molar-refractivity contribution in [2.24, 2.45) is 0 Å². The predicted molar refractivity (Wildman–Crippen MR) is 84.8 cm³/mol. The highest BCUT2D eigenvalue weighted by Gasteiger charge is 2.08. The van der Waals surface area contributed by atoms with E-state index in [4.69, 9.17) is 0 Å². The monoisotopic (exact) mass is 310 g/mol. The Morgan fingerprint density at radius 3 is 2.43 bits per heavy atom. The van der Waals surface area contributed by atoms with E-state index >= 15 is 0 Å². The van der Waals surface area contributed by atoms with Gasteiger partial charge in [0.1, 0.15) is 5.82 Å².